The Bertz CT molecular complexity index is 1080. The fourth-order valence-corrected chi connectivity index (χ4v) is 3.91. The molecule has 4 rings (SSSR count). The van der Waals surface area contributed by atoms with E-state index < -0.39 is 0 Å². The molecule has 1 aliphatic rings. The van der Waals surface area contributed by atoms with E-state index in [1.807, 2.05) is 0 Å². The number of rotatable bonds is 7. The molecule has 0 aliphatic heterocycles. The Kier molecular flexibility index (Phi) is 6.92. The largest absolute Gasteiger partial charge is 0.493 e. The second kappa shape index (κ2) is 10.2. The van der Waals surface area contributed by atoms with Crippen molar-refractivity contribution in [3.8, 4) is 34.4 Å². The highest BCUT2D eigenvalue weighted by Crippen LogP contribution is 2.37. The van der Waals surface area contributed by atoms with Gasteiger partial charge in [-0.3, -0.25) is 0 Å². The van der Waals surface area contributed by atoms with E-state index in [9.17, 15) is 4.79 Å². The summed E-state index contributed by atoms with van der Waals surface area (Å²) in [5.74, 6) is 3.25. The van der Waals surface area contributed by atoms with Crippen LogP contribution in [0.1, 0.15) is 32.6 Å². The number of urea groups is 1. The molecule has 174 valence electrons. The van der Waals surface area contributed by atoms with Crippen LogP contribution < -0.4 is 24.8 Å². The number of amides is 2. The third-order valence-corrected chi connectivity index (χ3v) is 5.76. The van der Waals surface area contributed by atoms with Gasteiger partial charge in [-0.05, 0) is 67.1 Å². The van der Waals surface area contributed by atoms with E-state index in [4.69, 9.17) is 14.2 Å². The highest BCUT2D eigenvalue weighted by molar-refractivity contribution is 5.90. The van der Waals surface area contributed by atoms with Gasteiger partial charge in [0.2, 0.25) is 5.82 Å². The lowest BCUT2D eigenvalue weighted by Gasteiger charge is -2.27. The summed E-state index contributed by atoms with van der Waals surface area (Å²) in [7, 11) is 3.13. The van der Waals surface area contributed by atoms with Crippen LogP contribution in [0.3, 0.4) is 0 Å². The Morgan fingerprint density at radius 3 is 2.45 bits per heavy atom. The molecule has 1 saturated carbocycles. The van der Waals surface area contributed by atoms with Crippen molar-refractivity contribution in [2.24, 2.45) is 5.92 Å². The molecular weight excluding hydrogens is 424 g/mol. The van der Waals surface area contributed by atoms with Gasteiger partial charge in [0.05, 0.1) is 19.8 Å². The van der Waals surface area contributed by atoms with Gasteiger partial charge < -0.3 is 24.8 Å². The molecule has 0 bridgehead atoms. The van der Waals surface area contributed by atoms with Crippen LogP contribution in [0, 0.1) is 5.92 Å². The predicted octanol–water partition coefficient (Wildman–Crippen LogP) is 4.38. The highest BCUT2D eigenvalue weighted by atomic mass is 16.5. The fourth-order valence-electron chi connectivity index (χ4n) is 3.91. The molecule has 0 spiro atoms. The van der Waals surface area contributed by atoms with Crippen molar-refractivity contribution in [1.29, 1.82) is 0 Å². The van der Waals surface area contributed by atoms with E-state index in [-0.39, 0.29) is 12.1 Å². The van der Waals surface area contributed by atoms with Crippen LogP contribution in [0.15, 0.2) is 36.4 Å². The molecule has 2 amide bonds. The highest BCUT2D eigenvalue weighted by Gasteiger charge is 2.20. The summed E-state index contributed by atoms with van der Waals surface area (Å²) >= 11 is 0. The van der Waals surface area contributed by atoms with Crippen LogP contribution in [-0.4, -0.2) is 46.9 Å². The molecule has 3 aromatic rings. The zero-order chi connectivity index (χ0) is 23.2. The summed E-state index contributed by atoms with van der Waals surface area (Å²) in [4.78, 5) is 12.5. The second-order valence-electron chi connectivity index (χ2n) is 8.12. The zero-order valence-electron chi connectivity index (χ0n) is 18.9. The van der Waals surface area contributed by atoms with Gasteiger partial charge in [-0.2, -0.15) is 5.21 Å². The topological polar surface area (TPSA) is 123 Å². The molecule has 1 aromatic heterocycles. The Hall–Kier alpha value is -3.82. The molecule has 0 unspecified atom stereocenters. The number of benzene rings is 2. The molecule has 3 N–H and O–H groups in total. The quantitative estimate of drug-likeness (QED) is 0.486. The Morgan fingerprint density at radius 2 is 1.76 bits per heavy atom. The van der Waals surface area contributed by atoms with Crippen LogP contribution in [0.25, 0.3) is 11.4 Å². The third kappa shape index (κ3) is 5.51. The number of ether oxygens (including phenoxy) is 3. The van der Waals surface area contributed by atoms with Crippen molar-refractivity contribution in [1.82, 2.24) is 25.9 Å². The molecule has 1 heterocycles. The molecule has 0 radical (unpaired) electrons. The van der Waals surface area contributed by atoms with Crippen LogP contribution in [-0.2, 0) is 0 Å². The number of aromatic nitrogens is 4. The van der Waals surface area contributed by atoms with Gasteiger partial charge in [-0.1, -0.05) is 6.92 Å². The Morgan fingerprint density at radius 1 is 1.00 bits per heavy atom. The van der Waals surface area contributed by atoms with Crippen LogP contribution >= 0.6 is 0 Å². The van der Waals surface area contributed by atoms with Gasteiger partial charge in [0, 0.05) is 17.8 Å². The zero-order valence-corrected chi connectivity index (χ0v) is 18.9. The molecular formula is C23H28N6O4. The van der Waals surface area contributed by atoms with Crippen molar-refractivity contribution in [2.45, 2.75) is 38.6 Å². The second-order valence-corrected chi connectivity index (χ2v) is 8.12. The predicted molar refractivity (Wildman–Crippen MR) is 123 cm³/mol. The number of anilines is 1. The van der Waals surface area contributed by atoms with Gasteiger partial charge in [-0.15, -0.1) is 10.2 Å². The SMILES string of the molecule is COc1ccc(Oc2ccc(NC(=O)N[C@H]3CC[C@@H](C)CC3)cc2-c2nn[nH]n2)cc1OC. The summed E-state index contributed by atoms with van der Waals surface area (Å²) in [6, 6.07) is 10.5. The van der Waals surface area contributed by atoms with Crippen molar-refractivity contribution in [2.75, 3.05) is 19.5 Å². The number of methoxy groups -OCH3 is 2. The first-order chi connectivity index (χ1) is 16.1. The maximum Gasteiger partial charge on any atom is 0.319 e. The van der Waals surface area contributed by atoms with Crippen LogP contribution in [0.4, 0.5) is 10.5 Å². The van der Waals surface area contributed by atoms with Gasteiger partial charge in [-0.25, -0.2) is 4.79 Å². The summed E-state index contributed by atoms with van der Waals surface area (Å²) in [5.41, 5.74) is 1.17. The van der Waals surface area contributed by atoms with Crippen LogP contribution in [0.5, 0.6) is 23.0 Å². The van der Waals surface area contributed by atoms with Crippen molar-refractivity contribution in [3.63, 3.8) is 0 Å². The first-order valence-electron chi connectivity index (χ1n) is 10.9. The molecule has 33 heavy (non-hydrogen) atoms. The van der Waals surface area contributed by atoms with E-state index in [1.165, 1.54) is 0 Å². The summed E-state index contributed by atoms with van der Waals surface area (Å²) in [6.45, 7) is 2.25. The monoisotopic (exact) mass is 452 g/mol. The number of nitrogens with zero attached hydrogens (tertiary/aromatic N) is 3. The van der Waals surface area contributed by atoms with Gasteiger partial charge in [0.1, 0.15) is 11.5 Å². The smallest absolute Gasteiger partial charge is 0.319 e. The number of H-pyrrole nitrogens is 1. The lowest BCUT2D eigenvalue weighted by Crippen LogP contribution is -2.39. The number of hydrogen-bond acceptors (Lipinski definition) is 7. The first-order valence-corrected chi connectivity index (χ1v) is 10.9. The van der Waals surface area contributed by atoms with Crippen molar-refractivity contribution >= 4 is 11.7 Å². The molecule has 0 saturated heterocycles. The molecule has 1 fully saturated rings. The standard InChI is InChI=1S/C23H28N6O4/c1-14-4-6-15(7-5-14)24-23(30)25-16-8-10-19(18(12-16)22-26-28-29-27-22)33-17-9-11-20(31-2)21(13-17)32-3/h8-15H,4-7H2,1-3H3,(H2,24,25,30)(H,26,27,28,29)/t14-,15+. The number of hydrogen-bond donors (Lipinski definition) is 3. The number of carbonyl (C=O) groups excluding carboxylic acids is 1. The minimum atomic E-state index is -0.234. The molecule has 2 aromatic carbocycles. The lowest BCUT2D eigenvalue weighted by molar-refractivity contribution is 0.239. The maximum absolute atomic E-state index is 12.5. The van der Waals surface area contributed by atoms with Crippen molar-refractivity contribution in [3.05, 3.63) is 36.4 Å². The van der Waals surface area contributed by atoms with Crippen LogP contribution in [0.2, 0.25) is 0 Å². The van der Waals surface area contributed by atoms with Gasteiger partial charge >= 0.3 is 6.03 Å². The average Bonchev–Trinajstić information content (AvgIpc) is 3.36. The number of aromatic amines is 1. The van der Waals surface area contributed by atoms with E-state index >= 15 is 0 Å². The van der Waals surface area contributed by atoms with E-state index in [0.29, 0.717) is 40.1 Å². The van der Waals surface area contributed by atoms with Crippen molar-refractivity contribution < 1.29 is 19.0 Å². The summed E-state index contributed by atoms with van der Waals surface area (Å²) < 4.78 is 16.7. The molecule has 10 heteroatoms. The molecule has 0 atom stereocenters. The molecule has 10 nitrogen and oxygen atoms in total. The maximum atomic E-state index is 12.5. The van der Waals surface area contributed by atoms with Gasteiger partial charge in [0.25, 0.3) is 0 Å². The minimum Gasteiger partial charge on any atom is -0.493 e. The third-order valence-electron chi connectivity index (χ3n) is 5.76. The fraction of sp³-hybridized carbons (Fsp3) is 0.391. The molecule has 1 aliphatic carbocycles. The van der Waals surface area contributed by atoms with E-state index in [1.54, 1.807) is 50.6 Å². The summed E-state index contributed by atoms with van der Waals surface area (Å²) in [5, 5.41) is 20.2. The minimum absolute atomic E-state index is 0.200. The van der Waals surface area contributed by atoms with Gasteiger partial charge in [0.15, 0.2) is 11.5 Å². The Labute approximate surface area is 192 Å². The normalized spacial score (nSPS) is 17.8. The lowest BCUT2D eigenvalue weighted by atomic mass is 9.87. The average molecular weight is 453 g/mol. The Balaban J connectivity index is 1.52. The van der Waals surface area contributed by atoms with E-state index in [2.05, 4.69) is 38.2 Å². The number of tetrazole rings is 1. The van der Waals surface area contributed by atoms with E-state index in [0.717, 1.165) is 31.6 Å². The number of carbonyl (C=O) groups is 1. The first kappa shape index (κ1) is 22.4. The number of nitrogens with one attached hydrogen (secondary N) is 3. The summed E-state index contributed by atoms with van der Waals surface area (Å²) in [6.07, 6.45) is 4.27.